The van der Waals surface area contributed by atoms with Crippen molar-refractivity contribution in [1.82, 2.24) is 0 Å². The van der Waals surface area contributed by atoms with Gasteiger partial charge < -0.3 is 0 Å². The van der Waals surface area contributed by atoms with Gasteiger partial charge in [-0.1, -0.05) is 18.2 Å². The molecule has 70 valence electrons. The van der Waals surface area contributed by atoms with Gasteiger partial charge in [0.15, 0.2) is 0 Å². The maximum atomic E-state index is 2.32. The molecular formula is C12H17P. The fourth-order valence-corrected chi connectivity index (χ4v) is 3.80. The summed E-state index contributed by atoms with van der Waals surface area (Å²) in [6.45, 7) is 4.49. The van der Waals surface area contributed by atoms with Gasteiger partial charge in [0.1, 0.15) is 0 Å². The first kappa shape index (κ1) is 9.21. The van der Waals surface area contributed by atoms with Crippen LogP contribution < -0.4 is 0 Å². The predicted octanol–water partition coefficient (Wildman–Crippen LogP) is 3.82. The second kappa shape index (κ2) is 3.80. The highest BCUT2D eigenvalue weighted by atomic mass is 31.1. The molecule has 0 nitrogen and oxygen atoms in total. The second-order valence-corrected chi connectivity index (χ2v) is 5.54. The van der Waals surface area contributed by atoms with Crippen molar-refractivity contribution in [1.29, 1.82) is 0 Å². The Bertz CT molecular complexity index is 298. The van der Waals surface area contributed by atoms with Crippen molar-refractivity contribution in [2.75, 3.05) is 6.16 Å². The summed E-state index contributed by atoms with van der Waals surface area (Å²) in [7, 11) is 1.17. The van der Waals surface area contributed by atoms with Crippen LogP contribution in [-0.4, -0.2) is 6.16 Å². The summed E-state index contributed by atoms with van der Waals surface area (Å²) in [4.78, 5) is 0. The Kier molecular flexibility index (Phi) is 2.69. The highest BCUT2D eigenvalue weighted by Crippen LogP contribution is 2.46. The van der Waals surface area contributed by atoms with Crippen LogP contribution in [0.3, 0.4) is 0 Å². The van der Waals surface area contributed by atoms with E-state index in [0.29, 0.717) is 0 Å². The summed E-state index contributed by atoms with van der Waals surface area (Å²) < 4.78 is 0. The first-order valence-electron chi connectivity index (χ1n) is 5.08. The molecule has 0 amide bonds. The lowest BCUT2D eigenvalue weighted by Crippen LogP contribution is -1.93. The fraction of sp³-hybridized carbons (Fsp3) is 0.500. The highest BCUT2D eigenvalue weighted by molar-refractivity contribution is 7.38. The average Bonchev–Trinajstić information content (AvgIpc) is 2.62. The molecule has 1 heterocycles. The maximum absolute atomic E-state index is 2.32. The van der Waals surface area contributed by atoms with Gasteiger partial charge in [0.25, 0.3) is 0 Å². The van der Waals surface area contributed by atoms with Gasteiger partial charge in [-0.3, -0.25) is 0 Å². The van der Waals surface area contributed by atoms with Crippen molar-refractivity contribution in [3.8, 4) is 0 Å². The Morgan fingerprint density at radius 3 is 2.85 bits per heavy atom. The molecule has 0 N–H and O–H groups in total. The molecule has 2 unspecified atom stereocenters. The maximum Gasteiger partial charge on any atom is 0.00169 e. The van der Waals surface area contributed by atoms with Crippen molar-refractivity contribution in [2.24, 2.45) is 0 Å². The van der Waals surface area contributed by atoms with E-state index in [0.717, 1.165) is 5.66 Å². The first-order valence-corrected chi connectivity index (χ1v) is 6.37. The molecule has 1 aromatic rings. The molecule has 1 fully saturated rings. The van der Waals surface area contributed by atoms with Gasteiger partial charge in [-0.25, -0.2) is 0 Å². The number of rotatable bonds is 1. The summed E-state index contributed by atoms with van der Waals surface area (Å²) in [5, 5.41) is 0. The van der Waals surface area contributed by atoms with Crippen LogP contribution in [0.25, 0.3) is 0 Å². The molecule has 0 spiro atoms. The zero-order valence-electron chi connectivity index (χ0n) is 8.43. The highest BCUT2D eigenvalue weighted by Gasteiger charge is 2.18. The van der Waals surface area contributed by atoms with Crippen molar-refractivity contribution in [3.05, 3.63) is 34.9 Å². The monoisotopic (exact) mass is 192 g/mol. The van der Waals surface area contributed by atoms with E-state index in [4.69, 9.17) is 0 Å². The van der Waals surface area contributed by atoms with Crippen LogP contribution in [0.2, 0.25) is 0 Å². The SMILES string of the molecule is Cc1cccc(C2CCCP2)c1C. The Morgan fingerprint density at radius 2 is 2.15 bits per heavy atom. The second-order valence-electron chi connectivity index (χ2n) is 3.94. The quantitative estimate of drug-likeness (QED) is 0.593. The van der Waals surface area contributed by atoms with E-state index in [2.05, 4.69) is 32.0 Å². The van der Waals surface area contributed by atoms with Crippen molar-refractivity contribution < 1.29 is 0 Å². The third-order valence-electron chi connectivity index (χ3n) is 3.08. The largest absolute Gasteiger partial charge is 0.114 e. The summed E-state index contributed by atoms with van der Waals surface area (Å²) >= 11 is 0. The molecule has 1 aliphatic heterocycles. The van der Waals surface area contributed by atoms with E-state index >= 15 is 0 Å². The molecule has 0 aliphatic carbocycles. The van der Waals surface area contributed by atoms with Crippen LogP contribution in [-0.2, 0) is 0 Å². The van der Waals surface area contributed by atoms with Crippen LogP contribution in [0.5, 0.6) is 0 Å². The van der Waals surface area contributed by atoms with Gasteiger partial charge in [-0.2, -0.15) is 0 Å². The van der Waals surface area contributed by atoms with Gasteiger partial charge in [0.05, 0.1) is 0 Å². The standard InChI is InChI=1S/C12H17P/c1-9-5-3-6-11(10(9)2)12-7-4-8-13-12/h3,5-6,12-13H,4,7-8H2,1-2H3. The Labute approximate surface area is 82.5 Å². The minimum atomic E-state index is 0.889. The number of hydrogen-bond donors (Lipinski definition) is 0. The molecule has 0 saturated carbocycles. The van der Waals surface area contributed by atoms with E-state index in [-0.39, 0.29) is 0 Å². The zero-order chi connectivity index (χ0) is 9.26. The summed E-state index contributed by atoms with van der Waals surface area (Å²) in [5.41, 5.74) is 5.49. The number of benzene rings is 1. The van der Waals surface area contributed by atoms with E-state index < -0.39 is 0 Å². The van der Waals surface area contributed by atoms with E-state index in [1.807, 2.05) is 0 Å². The molecule has 1 heteroatoms. The Morgan fingerprint density at radius 1 is 1.31 bits per heavy atom. The van der Waals surface area contributed by atoms with Crippen LogP contribution in [0.4, 0.5) is 0 Å². The van der Waals surface area contributed by atoms with Crippen LogP contribution in [0.15, 0.2) is 18.2 Å². The third kappa shape index (κ3) is 1.79. The molecule has 2 atom stereocenters. The predicted molar refractivity (Wildman–Crippen MR) is 61.1 cm³/mol. The van der Waals surface area contributed by atoms with Crippen LogP contribution >= 0.6 is 8.58 Å². The van der Waals surface area contributed by atoms with Crippen molar-refractivity contribution in [3.63, 3.8) is 0 Å². The van der Waals surface area contributed by atoms with Gasteiger partial charge in [-0.05, 0) is 49.5 Å². The molecule has 2 rings (SSSR count). The normalized spacial score (nSPS) is 24.0. The van der Waals surface area contributed by atoms with Gasteiger partial charge in [0, 0.05) is 5.66 Å². The number of hydrogen-bond acceptors (Lipinski definition) is 0. The minimum absolute atomic E-state index is 0.889. The van der Waals surface area contributed by atoms with Gasteiger partial charge in [0.2, 0.25) is 0 Å². The fourth-order valence-electron chi connectivity index (χ4n) is 2.10. The van der Waals surface area contributed by atoms with E-state index in [1.54, 1.807) is 5.56 Å². The van der Waals surface area contributed by atoms with Crippen molar-refractivity contribution in [2.45, 2.75) is 32.3 Å². The molecular weight excluding hydrogens is 175 g/mol. The topological polar surface area (TPSA) is 0 Å². The van der Waals surface area contributed by atoms with Gasteiger partial charge >= 0.3 is 0 Å². The lowest BCUT2D eigenvalue weighted by Gasteiger charge is -2.14. The molecule has 1 saturated heterocycles. The van der Waals surface area contributed by atoms with Crippen LogP contribution in [0, 0.1) is 13.8 Å². The van der Waals surface area contributed by atoms with Crippen LogP contribution in [0.1, 0.15) is 35.2 Å². The molecule has 0 aromatic heterocycles. The molecule has 1 aliphatic rings. The lowest BCUT2D eigenvalue weighted by atomic mass is 9.99. The smallest absolute Gasteiger partial charge is 0.00169 e. The van der Waals surface area contributed by atoms with Gasteiger partial charge in [-0.15, -0.1) is 8.58 Å². The average molecular weight is 192 g/mol. The Hall–Kier alpha value is -0.350. The summed E-state index contributed by atoms with van der Waals surface area (Å²) in [6, 6.07) is 6.75. The minimum Gasteiger partial charge on any atom is -0.114 e. The molecule has 0 bridgehead atoms. The van der Waals surface area contributed by atoms with E-state index in [1.165, 1.54) is 38.7 Å². The third-order valence-corrected chi connectivity index (χ3v) is 4.82. The molecule has 13 heavy (non-hydrogen) atoms. The van der Waals surface area contributed by atoms with E-state index in [9.17, 15) is 0 Å². The Balaban J connectivity index is 2.33. The number of aryl methyl sites for hydroxylation is 1. The molecule has 1 aromatic carbocycles. The van der Waals surface area contributed by atoms with Crippen molar-refractivity contribution >= 4 is 8.58 Å². The zero-order valence-corrected chi connectivity index (χ0v) is 9.43. The summed E-state index contributed by atoms with van der Waals surface area (Å²) in [6.07, 6.45) is 4.32. The lowest BCUT2D eigenvalue weighted by molar-refractivity contribution is 0.822. The summed E-state index contributed by atoms with van der Waals surface area (Å²) in [5.74, 6) is 0. The molecule has 0 radical (unpaired) electrons. The first-order chi connectivity index (χ1) is 6.29.